The first kappa shape index (κ1) is 15.7. The Kier molecular flexibility index (Phi) is 4.72. The first-order chi connectivity index (χ1) is 11.2. The summed E-state index contributed by atoms with van der Waals surface area (Å²) in [6, 6.07) is 10.1. The van der Waals surface area contributed by atoms with Crippen LogP contribution in [0.4, 0.5) is 5.69 Å². The molecule has 1 aromatic carbocycles. The minimum atomic E-state index is -0.0913. The lowest BCUT2D eigenvalue weighted by atomic mass is 9.96. The second-order valence-electron chi connectivity index (χ2n) is 6.38. The van der Waals surface area contributed by atoms with Gasteiger partial charge >= 0.3 is 0 Å². The van der Waals surface area contributed by atoms with Gasteiger partial charge in [-0.2, -0.15) is 0 Å². The summed E-state index contributed by atoms with van der Waals surface area (Å²) in [5.74, 6) is 1.62. The van der Waals surface area contributed by atoms with Crippen LogP contribution < -0.4 is 5.32 Å². The van der Waals surface area contributed by atoms with E-state index in [0.29, 0.717) is 5.92 Å². The number of aliphatic hydroxyl groups is 1. The van der Waals surface area contributed by atoms with E-state index in [2.05, 4.69) is 36.3 Å². The maximum atomic E-state index is 9.77. The zero-order valence-corrected chi connectivity index (χ0v) is 13.7. The zero-order chi connectivity index (χ0) is 16.2. The molecule has 1 atom stereocenters. The largest absolute Gasteiger partial charge is 0.394 e. The van der Waals surface area contributed by atoms with Crippen molar-refractivity contribution < 1.29 is 5.11 Å². The van der Waals surface area contributed by atoms with Crippen LogP contribution in [-0.2, 0) is 0 Å². The average Bonchev–Trinajstić information content (AvgIpc) is 2.59. The SMILES string of the molecule is CC(C)CCC1=Nc2ccc(-c3ccncc3)cc2C(CO)N1. The van der Waals surface area contributed by atoms with E-state index in [9.17, 15) is 5.11 Å². The third kappa shape index (κ3) is 3.59. The summed E-state index contributed by atoms with van der Waals surface area (Å²) in [4.78, 5) is 8.79. The highest BCUT2D eigenvalue weighted by Crippen LogP contribution is 2.33. The van der Waals surface area contributed by atoms with Crippen molar-refractivity contribution >= 4 is 11.5 Å². The monoisotopic (exact) mass is 309 g/mol. The number of rotatable bonds is 5. The molecule has 2 heterocycles. The minimum Gasteiger partial charge on any atom is -0.394 e. The van der Waals surface area contributed by atoms with E-state index >= 15 is 0 Å². The summed E-state index contributed by atoms with van der Waals surface area (Å²) in [6.07, 6.45) is 5.59. The van der Waals surface area contributed by atoms with Crippen molar-refractivity contribution in [3.8, 4) is 11.1 Å². The number of benzene rings is 1. The number of hydrogen-bond donors (Lipinski definition) is 2. The summed E-state index contributed by atoms with van der Waals surface area (Å²) >= 11 is 0. The normalized spacial score (nSPS) is 16.7. The first-order valence-electron chi connectivity index (χ1n) is 8.16. The van der Waals surface area contributed by atoms with Gasteiger partial charge in [-0.15, -0.1) is 0 Å². The number of aliphatic hydroxyl groups excluding tert-OH is 1. The van der Waals surface area contributed by atoms with Crippen molar-refractivity contribution in [1.29, 1.82) is 0 Å². The number of amidine groups is 1. The van der Waals surface area contributed by atoms with Gasteiger partial charge in [-0.25, -0.2) is 4.99 Å². The van der Waals surface area contributed by atoms with Crippen LogP contribution in [0, 0.1) is 5.92 Å². The van der Waals surface area contributed by atoms with E-state index in [1.54, 1.807) is 12.4 Å². The zero-order valence-electron chi connectivity index (χ0n) is 13.7. The summed E-state index contributed by atoms with van der Waals surface area (Å²) < 4.78 is 0. The molecular weight excluding hydrogens is 286 g/mol. The van der Waals surface area contributed by atoms with Gasteiger partial charge in [0.05, 0.1) is 18.3 Å². The number of nitrogens with zero attached hydrogens (tertiary/aromatic N) is 2. The third-order valence-corrected chi connectivity index (χ3v) is 4.15. The lowest BCUT2D eigenvalue weighted by Gasteiger charge is -2.26. The highest BCUT2D eigenvalue weighted by Gasteiger charge is 2.21. The Bertz CT molecular complexity index is 695. The fraction of sp³-hybridized carbons (Fsp3) is 0.368. The van der Waals surface area contributed by atoms with Crippen molar-refractivity contribution in [2.45, 2.75) is 32.7 Å². The second-order valence-corrected chi connectivity index (χ2v) is 6.38. The number of hydrogen-bond acceptors (Lipinski definition) is 4. The average molecular weight is 309 g/mol. The molecule has 0 bridgehead atoms. The Hall–Kier alpha value is -2.20. The molecule has 2 N–H and O–H groups in total. The molecule has 0 amide bonds. The first-order valence-corrected chi connectivity index (χ1v) is 8.16. The molecule has 0 aliphatic carbocycles. The highest BCUT2D eigenvalue weighted by molar-refractivity contribution is 5.88. The third-order valence-electron chi connectivity index (χ3n) is 4.15. The van der Waals surface area contributed by atoms with Crippen molar-refractivity contribution in [3.05, 3.63) is 48.3 Å². The number of aromatic nitrogens is 1. The lowest BCUT2D eigenvalue weighted by molar-refractivity contribution is 0.256. The van der Waals surface area contributed by atoms with Crippen LogP contribution in [0.5, 0.6) is 0 Å². The summed E-state index contributed by atoms with van der Waals surface area (Å²) in [7, 11) is 0. The van der Waals surface area contributed by atoms with Gasteiger partial charge in [0.2, 0.25) is 0 Å². The summed E-state index contributed by atoms with van der Waals surface area (Å²) in [5, 5.41) is 13.1. The van der Waals surface area contributed by atoms with E-state index < -0.39 is 0 Å². The molecule has 1 aliphatic heterocycles. The van der Waals surface area contributed by atoms with Gasteiger partial charge in [0.1, 0.15) is 5.84 Å². The fourth-order valence-corrected chi connectivity index (χ4v) is 2.81. The predicted molar refractivity (Wildman–Crippen MR) is 93.8 cm³/mol. The van der Waals surface area contributed by atoms with Crippen molar-refractivity contribution in [3.63, 3.8) is 0 Å². The van der Waals surface area contributed by atoms with Gasteiger partial charge in [-0.3, -0.25) is 4.98 Å². The Labute approximate surface area is 137 Å². The molecule has 0 radical (unpaired) electrons. The Balaban J connectivity index is 1.92. The van der Waals surface area contributed by atoms with E-state index in [0.717, 1.165) is 41.1 Å². The molecule has 4 nitrogen and oxygen atoms in total. The highest BCUT2D eigenvalue weighted by atomic mass is 16.3. The van der Waals surface area contributed by atoms with Crippen LogP contribution in [0.2, 0.25) is 0 Å². The Morgan fingerprint density at radius 2 is 1.91 bits per heavy atom. The quantitative estimate of drug-likeness (QED) is 0.882. The number of nitrogens with one attached hydrogen (secondary N) is 1. The van der Waals surface area contributed by atoms with Gasteiger partial charge in [-0.05, 0) is 47.7 Å². The number of pyridine rings is 1. The Morgan fingerprint density at radius 3 is 2.61 bits per heavy atom. The molecular formula is C19H23N3O. The molecule has 2 aromatic rings. The van der Waals surface area contributed by atoms with Crippen molar-refractivity contribution in [1.82, 2.24) is 10.3 Å². The maximum Gasteiger partial charge on any atom is 0.103 e. The molecule has 23 heavy (non-hydrogen) atoms. The van der Waals surface area contributed by atoms with E-state index in [-0.39, 0.29) is 12.6 Å². The van der Waals surface area contributed by atoms with Crippen LogP contribution in [0.15, 0.2) is 47.7 Å². The Morgan fingerprint density at radius 1 is 1.13 bits per heavy atom. The maximum absolute atomic E-state index is 9.77. The van der Waals surface area contributed by atoms with Crippen LogP contribution in [0.25, 0.3) is 11.1 Å². The van der Waals surface area contributed by atoms with Crippen LogP contribution in [0.3, 0.4) is 0 Å². The fourth-order valence-electron chi connectivity index (χ4n) is 2.81. The van der Waals surface area contributed by atoms with E-state index in [4.69, 9.17) is 4.99 Å². The topological polar surface area (TPSA) is 57.5 Å². The molecule has 0 fully saturated rings. The van der Waals surface area contributed by atoms with Crippen LogP contribution >= 0.6 is 0 Å². The van der Waals surface area contributed by atoms with Gasteiger partial charge in [0.15, 0.2) is 0 Å². The second kappa shape index (κ2) is 6.92. The smallest absolute Gasteiger partial charge is 0.103 e. The molecule has 0 saturated carbocycles. The van der Waals surface area contributed by atoms with E-state index in [1.807, 2.05) is 18.2 Å². The van der Waals surface area contributed by atoms with Gasteiger partial charge < -0.3 is 10.4 Å². The lowest BCUT2D eigenvalue weighted by Crippen LogP contribution is -2.33. The van der Waals surface area contributed by atoms with Crippen LogP contribution in [0.1, 0.15) is 38.3 Å². The van der Waals surface area contributed by atoms with Crippen molar-refractivity contribution in [2.24, 2.45) is 10.9 Å². The molecule has 0 spiro atoms. The molecule has 1 unspecified atom stereocenters. The summed E-state index contributed by atoms with van der Waals surface area (Å²) in [5.41, 5.74) is 4.25. The number of fused-ring (bicyclic) bond motifs is 1. The summed E-state index contributed by atoms with van der Waals surface area (Å²) in [6.45, 7) is 4.48. The standard InChI is InChI=1S/C19H23N3O/c1-13(2)3-6-19-21-17-5-4-15(14-7-9-20-10-8-14)11-16(17)18(12-23)22-19/h4-5,7-11,13,18,23H,3,6,12H2,1-2H3,(H,21,22). The van der Waals surface area contributed by atoms with Gasteiger partial charge in [-0.1, -0.05) is 19.9 Å². The molecule has 120 valence electrons. The van der Waals surface area contributed by atoms with Gasteiger partial charge in [0.25, 0.3) is 0 Å². The molecule has 3 rings (SSSR count). The predicted octanol–water partition coefficient (Wildman–Crippen LogP) is 3.85. The minimum absolute atomic E-state index is 0.0630. The number of aliphatic imine (C=N–C) groups is 1. The van der Waals surface area contributed by atoms with Gasteiger partial charge in [0, 0.05) is 24.4 Å². The van der Waals surface area contributed by atoms with Crippen LogP contribution in [-0.4, -0.2) is 22.5 Å². The van der Waals surface area contributed by atoms with Crippen molar-refractivity contribution in [2.75, 3.05) is 6.61 Å². The molecule has 1 aromatic heterocycles. The molecule has 4 heteroatoms. The van der Waals surface area contributed by atoms with E-state index in [1.165, 1.54) is 0 Å². The molecule has 0 saturated heterocycles. The molecule has 1 aliphatic rings.